The average molecular weight is 264 g/mol. The number of hydrogen-bond donors (Lipinski definition) is 3. The first-order valence-electron chi connectivity index (χ1n) is 6.20. The van der Waals surface area contributed by atoms with Crippen molar-refractivity contribution >= 4 is 11.0 Å². The molecular formula is C13H20N4O2. The summed E-state index contributed by atoms with van der Waals surface area (Å²) >= 11 is 0. The van der Waals surface area contributed by atoms with Crippen molar-refractivity contribution in [3.8, 4) is 0 Å². The molecule has 0 amide bonds. The van der Waals surface area contributed by atoms with Crippen LogP contribution in [0.2, 0.25) is 0 Å². The van der Waals surface area contributed by atoms with E-state index in [9.17, 15) is 10.2 Å². The van der Waals surface area contributed by atoms with Crippen molar-refractivity contribution in [3.63, 3.8) is 0 Å². The van der Waals surface area contributed by atoms with E-state index in [1.807, 2.05) is 18.2 Å². The monoisotopic (exact) mass is 264 g/mol. The summed E-state index contributed by atoms with van der Waals surface area (Å²) in [4.78, 5) is 1.60. The molecule has 1 aromatic heterocycles. The minimum absolute atomic E-state index is 0.372. The number of nitrogens with zero attached hydrogens (tertiary/aromatic N) is 3. The van der Waals surface area contributed by atoms with Crippen LogP contribution in [0.5, 0.6) is 0 Å². The topological polar surface area (TPSA) is 85.3 Å². The van der Waals surface area contributed by atoms with E-state index >= 15 is 0 Å². The van der Waals surface area contributed by atoms with E-state index in [-0.39, 0.29) is 0 Å². The molecule has 0 saturated carbocycles. The fraction of sp³-hybridized carbons (Fsp3) is 0.538. The molecular weight excluding hydrogens is 244 g/mol. The lowest BCUT2D eigenvalue weighted by molar-refractivity contribution is -0.204. The fourth-order valence-corrected chi connectivity index (χ4v) is 2.28. The number of aliphatic hydroxyl groups is 2. The van der Waals surface area contributed by atoms with Crippen LogP contribution in [0.4, 0.5) is 0 Å². The fourth-order valence-electron chi connectivity index (χ4n) is 2.28. The van der Waals surface area contributed by atoms with Gasteiger partial charge < -0.3 is 10.2 Å². The highest BCUT2D eigenvalue weighted by Crippen LogP contribution is 2.26. The Balaban J connectivity index is 2.40. The third-order valence-corrected chi connectivity index (χ3v) is 3.08. The second-order valence-electron chi connectivity index (χ2n) is 5.68. The molecule has 0 radical (unpaired) electrons. The molecule has 0 saturated heterocycles. The van der Waals surface area contributed by atoms with Crippen LogP contribution < -0.4 is 0 Å². The highest BCUT2D eigenvalue weighted by atomic mass is 16.3. The van der Waals surface area contributed by atoms with Gasteiger partial charge in [0.05, 0.1) is 0 Å². The maximum atomic E-state index is 10.2. The summed E-state index contributed by atoms with van der Waals surface area (Å²) in [7, 11) is 0. The molecule has 0 atom stereocenters. The summed E-state index contributed by atoms with van der Waals surface area (Å²) in [6, 6.07) is 5.66. The minimum Gasteiger partial charge on any atom is -0.376 e. The van der Waals surface area contributed by atoms with Crippen LogP contribution in [-0.4, -0.2) is 42.0 Å². The van der Waals surface area contributed by atoms with Gasteiger partial charge in [0.1, 0.15) is 22.5 Å². The number of benzene rings is 1. The van der Waals surface area contributed by atoms with Gasteiger partial charge in [-0.2, -0.15) is 15.4 Å². The SMILES string of the molecule is CC(C)(O)N(Cc1cccc2n[nH]nc12)C(C)(C)O. The number of aromatic nitrogens is 3. The van der Waals surface area contributed by atoms with Gasteiger partial charge in [-0.1, -0.05) is 12.1 Å². The van der Waals surface area contributed by atoms with Crippen molar-refractivity contribution in [1.29, 1.82) is 0 Å². The van der Waals surface area contributed by atoms with Gasteiger partial charge in [0.15, 0.2) is 0 Å². The lowest BCUT2D eigenvalue weighted by atomic mass is 10.1. The molecule has 0 unspecified atom stereocenters. The summed E-state index contributed by atoms with van der Waals surface area (Å²) < 4.78 is 0. The first-order chi connectivity index (χ1) is 8.69. The molecule has 0 aliphatic heterocycles. The molecule has 1 heterocycles. The maximum absolute atomic E-state index is 10.2. The van der Waals surface area contributed by atoms with Gasteiger partial charge in [0.2, 0.25) is 0 Å². The van der Waals surface area contributed by atoms with Gasteiger partial charge in [-0.05, 0) is 39.3 Å². The Morgan fingerprint density at radius 2 is 1.74 bits per heavy atom. The van der Waals surface area contributed by atoms with Crippen LogP contribution in [0.15, 0.2) is 18.2 Å². The Bertz CT molecular complexity index is 552. The first-order valence-corrected chi connectivity index (χ1v) is 6.20. The Hall–Kier alpha value is -1.50. The van der Waals surface area contributed by atoms with Gasteiger partial charge in [0.25, 0.3) is 0 Å². The van der Waals surface area contributed by atoms with Gasteiger partial charge >= 0.3 is 0 Å². The molecule has 0 bridgehead atoms. The van der Waals surface area contributed by atoms with E-state index in [1.165, 1.54) is 0 Å². The maximum Gasteiger partial charge on any atom is 0.117 e. The Morgan fingerprint density at radius 3 is 2.32 bits per heavy atom. The predicted molar refractivity (Wildman–Crippen MR) is 72.0 cm³/mol. The zero-order valence-corrected chi connectivity index (χ0v) is 11.7. The van der Waals surface area contributed by atoms with Crippen molar-refractivity contribution in [2.24, 2.45) is 0 Å². The van der Waals surface area contributed by atoms with E-state index in [1.54, 1.807) is 32.6 Å². The van der Waals surface area contributed by atoms with Crippen molar-refractivity contribution in [2.75, 3.05) is 0 Å². The molecule has 0 fully saturated rings. The average Bonchev–Trinajstić information content (AvgIpc) is 2.70. The smallest absolute Gasteiger partial charge is 0.117 e. The molecule has 6 heteroatoms. The minimum atomic E-state index is -1.15. The number of fused-ring (bicyclic) bond motifs is 1. The molecule has 6 nitrogen and oxygen atoms in total. The van der Waals surface area contributed by atoms with Crippen molar-refractivity contribution in [3.05, 3.63) is 23.8 Å². The van der Waals surface area contributed by atoms with Crippen LogP contribution in [0.1, 0.15) is 33.3 Å². The van der Waals surface area contributed by atoms with E-state index in [2.05, 4.69) is 15.4 Å². The number of para-hydroxylation sites is 1. The molecule has 3 N–H and O–H groups in total. The van der Waals surface area contributed by atoms with Crippen molar-refractivity contribution in [2.45, 2.75) is 45.7 Å². The Labute approximate surface area is 112 Å². The van der Waals surface area contributed by atoms with Gasteiger partial charge in [-0.25, -0.2) is 4.90 Å². The standard InChI is InChI=1S/C13H20N4O2/c1-12(2,18)17(13(3,4)19)8-9-6-5-7-10-11(9)15-16-14-10/h5-7,18-19H,8H2,1-4H3,(H,14,15,16). The zero-order valence-electron chi connectivity index (χ0n) is 11.7. The highest BCUT2D eigenvalue weighted by molar-refractivity contribution is 5.77. The van der Waals surface area contributed by atoms with E-state index in [0.29, 0.717) is 6.54 Å². The molecule has 2 rings (SSSR count). The summed E-state index contributed by atoms with van der Waals surface area (Å²) in [5, 5.41) is 31.2. The van der Waals surface area contributed by atoms with Crippen molar-refractivity contribution in [1.82, 2.24) is 20.3 Å². The Morgan fingerprint density at radius 1 is 1.11 bits per heavy atom. The van der Waals surface area contributed by atoms with Crippen LogP contribution in [-0.2, 0) is 6.54 Å². The summed E-state index contributed by atoms with van der Waals surface area (Å²) in [6.07, 6.45) is 0. The second-order valence-corrected chi connectivity index (χ2v) is 5.68. The molecule has 0 spiro atoms. The molecule has 0 aliphatic carbocycles. The normalized spacial score (nSPS) is 13.4. The molecule has 104 valence electrons. The first kappa shape index (κ1) is 13.9. The van der Waals surface area contributed by atoms with E-state index in [0.717, 1.165) is 16.6 Å². The molecule has 1 aromatic carbocycles. The quantitative estimate of drug-likeness (QED) is 0.723. The molecule has 0 aliphatic rings. The van der Waals surface area contributed by atoms with Crippen LogP contribution in [0.3, 0.4) is 0 Å². The van der Waals surface area contributed by atoms with Gasteiger partial charge in [0, 0.05) is 6.54 Å². The lowest BCUT2D eigenvalue weighted by Gasteiger charge is -2.42. The largest absolute Gasteiger partial charge is 0.376 e. The molecule has 2 aromatic rings. The highest BCUT2D eigenvalue weighted by Gasteiger charge is 2.35. The number of hydrogen-bond acceptors (Lipinski definition) is 5. The lowest BCUT2D eigenvalue weighted by Crippen LogP contribution is -2.54. The third kappa shape index (κ3) is 2.91. The van der Waals surface area contributed by atoms with E-state index in [4.69, 9.17) is 0 Å². The van der Waals surface area contributed by atoms with Crippen LogP contribution in [0, 0.1) is 0 Å². The summed E-state index contributed by atoms with van der Waals surface area (Å²) in [6.45, 7) is 6.96. The van der Waals surface area contributed by atoms with Crippen LogP contribution >= 0.6 is 0 Å². The number of rotatable bonds is 4. The Kier molecular flexibility index (Phi) is 3.34. The van der Waals surface area contributed by atoms with Crippen molar-refractivity contribution < 1.29 is 10.2 Å². The number of nitrogens with one attached hydrogen (secondary N) is 1. The van der Waals surface area contributed by atoms with Gasteiger partial charge in [-0.15, -0.1) is 0 Å². The predicted octanol–water partition coefficient (Wildman–Crippen LogP) is 1.22. The number of aromatic amines is 1. The van der Waals surface area contributed by atoms with E-state index < -0.39 is 11.4 Å². The summed E-state index contributed by atoms with van der Waals surface area (Å²) in [5.74, 6) is 0. The third-order valence-electron chi connectivity index (χ3n) is 3.08. The zero-order chi connectivity index (χ0) is 14.3. The number of H-pyrrole nitrogens is 1. The summed E-state index contributed by atoms with van der Waals surface area (Å²) in [5.41, 5.74) is 0.120. The van der Waals surface area contributed by atoms with Gasteiger partial charge in [-0.3, -0.25) is 0 Å². The molecule has 19 heavy (non-hydrogen) atoms. The second kappa shape index (κ2) is 4.56. The van der Waals surface area contributed by atoms with Crippen LogP contribution in [0.25, 0.3) is 11.0 Å².